The number of para-hydroxylation sites is 1. The summed E-state index contributed by atoms with van der Waals surface area (Å²) in [6, 6.07) is 15.4. The lowest BCUT2D eigenvalue weighted by Gasteiger charge is -2.07. The molecule has 0 aliphatic carbocycles. The number of ether oxygens (including phenoxy) is 1. The first-order chi connectivity index (χ1) is 12.3. The normalized spacial score (nSPS) is 10.8. The molecule has 0 amide bonds. The number of H-pyrrole nitrogens is 1. The van der Waals surface area contributed by atoms with Gasteiger partial charge >= 0.3 is 0 Å². The molecule has 0 bridgehead atoms. The molecule has 2 aromatic heterocycles. The van der Waals surface area contributed by atoms with E-state index in [9.17, 15) is 0 Å². The fourth-order valence-electron chi connectivity index (χ4n) is 2.43. The largest absolute Gasteiger partial charge is 0.483 e. The average Bonchev–Trinajstić information content (AvgIpc) is 3.33. The molecule has 0 atom stereocenters. The van der Waals surface area contributed by atoms with Crippen molar-refractivity contribution < 1.29 is 9.15 Å². The molecule has 2 heterocycles. The van der Waals surface area contributed by atoms with Crippen molar-refractivity contribution >= 4 is 15.9 Å². The number of benzene rings is 2. The lowest BCUT2D eigenvalue weighted by Crippen LogP contribution is -1.97. The van der Waals surface area contributed by atoms with Crippen LogP contribution in [0.4, 0.5) is 0 Å². The van der Waals surface area contributed by atoms with Gasteiger partial charge in [0.05, 0.1) is 11.8 Å². The van der Waals surface area contributed by atoms with E-state index in [1.807, 2.05) is 48.5 Å². The van der Waals surface area contributed by atoms with Crippen LogP contribution in [0.15, 0.2) is 69.9 Å². The number of nitrogens with zero attached hydrogens (tertiary/aromatic N) is 3. The summed E-state index contributed by atoms with van der Waals surface area (Å²) < 4.78 is 12.6. The Morgan fingerprint density at radius 3 is 2.60 bits per heavy atom. The summed E-state index contributed by atoms with van der Waals surface area (Å²) in [5, 5.41) is 6.71. The van der Waals surface area contributed by atoms with Gasteiger partial charge in [-0.05, 0) is 18.2 Å². The molecule has 25 heavy (non-hydrogen) atoms. The number of aromatic nitrogens is 4. The molecule has 4 rings (SSSR count). The van der Waals surface area contributed by atoms with Gasteiger partial charge in [0.1, 0.15) is 12.1 Å². The van der Waals surface area contributed by atoms with Crippen molar-refractivity contribution in [1.29, 1.82) is 0 Å². The fraction of sp³-hybridized carbons (Fsp3) is 0.0556. The van der Waals surface area contributed by atoms with Crippen LogP contribution in [-0.4, -0.2) is 20.2 Å². The Labute approximate surface area is 152 Å². The lowest BCUT2D eigenvalue weighted by atomic mass is 10.2. The van der Waals surface area contributed by atoms with Crippen molar-refractivity contribution in [2.45, 2.75) is 6.61 Å². The molecule has 0 unspecified atom stereocenters. The molecular formula is C18H13BrN4O2. The van der Waals surface area contributed by atoms with E-state index in [0.29, 0.717) is 23.2 Å². The van der Waals surface area contributed by atoms with Crippen LogP contribution in [0.1, 0.15) is 5.89 Å². The zero-order valence-corrected chi connectivity index (χ0v) is 14.6. The van der Waals surface area contributed by atoms with E-state index < -0.39 is 0 Å². The molecule has 6 nitrogen and oxygen atoms in total. The summed E-state index contributed by atoms with van der Waals surface area (Å²) in [5.41, 5.74) is 1.78. The van der Waals surface area contributed by atoms with Crippen molar-refractivity contribution in [2.75, 3.05) is 0 Å². The molecule has 2 aromatic carbocycles. The molecule has 0 aliphatic rings. The topological polar surface area (TPSA) is 76.8 Å². The van der Waals surface area contributed by atoms with Crippen LogP contribution < -0.4 is 4.74 Å². The number of aromatic amines is 1. The molecule has 0 radical (unpaired) electrons. The van der Waals surface area contributed by atoms with Crippen molar-refractivity contribution in [3.63, 3.8) is 0 Å². The van der Waals surface area contributed by atoms with Crippen LogP contribution in [0.25, 0.3) is 22.7 Å². The minimum atomic E-state index is 0.218. The number of hydrogen-bond acceptors (Lipinski definition) is 5. The van der Waals surface area contributed by atoms with Gasteiger partial charge < -0.3 is 9.15 Å². The Morgan fingerprint density at radius 1 is 1.00 bits per heavy atom. The summed E-state index contributed by atoms with van der Waals surface area (Å²) in [7, 11) is 0. The van der Waals surface area contributed by atoms with Gasteiger partial charge in [-0.2, -0.15) is 5.10 Å². The Balaban J connectivity index is 1.53. The summed E-state index contributed by atoms with van der Waals surface area (Å²) in [5.74, 6) is 2.52. The standard InChI is InChI=1S/C18H13BrN4O2/c19-14-7-3-1-5-12(14)16-9-20-17(25-16)10-24-15-8-4-2-6-13(15)18-21-11-22-23-18/h1-9,11H,10H2,(H,21,22,23). The van der Waals surface area contributed by atoms with E-state index in [2.05, 4.69) is 36.1 Å². The number of nitrogens with one attached hydrogen (secondary N) is 1. The fourth-order valence-corrected chi connectivity index (χ4v) is 2.91. The highest BCUT2D eigenvalue weighted by Crippen LogP contribution is 2.30. The van der Waals surface area contributed by atoms with Crippen molar-refractivity contribution in [2.24, 2.45) is 0 Å². The van der Waals surface area contributed by atoms with Crippen molar-refractivity contribution in [3.05, 3.63) is 71.4 Å². The first-order valence-electron chi connectivity index (χ1n) is 7.58. The van der Waals surface area contributed by atoms with Crippen LogP contribution in [0.2, 0.25) is 0 Å². The lowest BCUT2D eigenvalue weighted by molar-refractivity contribution is 0.265. The molecule has 1 N–H and O–H groups in total. The first-order valence-corrected chi connectivity index (χ1v) is 8.38. The van der Waals surface area contributed by atoms with Gasteiger partial charge in [0.25, 0.3) is 0 Å². The summed E-state index contributed by atoms with van der Waals surface area (Å²) >= 11 is 3.51. The van der Waals surface area contributed by atoms with Gasteiger partial charge in [-0.1, -0.05) is 46.3 Å². The van der Waals surface area contributed by atoms with Crippen LogP contribution >= 0.6 is 15.9 Å². The smallest absolute Gasteiger partial charge is 0.232 e. The number of rotatable bonds is 5. The summed E-state index contributed by atoms with van der Waals surface area (Å²) in [4.78, 5) is 8.46. The first kappa shape index (κ1) is 15.6. The highest BCUT2D eigenvalue weighted by molar-refractivity contribution is 9.10. The molecule has 124 valence electrons. The molecule has 4 aromatic rings. The maximum Gasteiger partial charge on any atom is 0.232 e. The SMILES string of the molecule is Brc1ccccc1-c1cnc(COc2ccccc2-c2ncn[nH]2)o1. The molecule has 0 saturated heterocycles. The quantitative estimate of drug-likeness (QED) is 0.538. The van der Waals surface area contributed by atoms with E-state index in [0.717, 1.165) is 15.6 Å². The maximum atomic E-state index is 5.87. The third kappa shape index (κ3) is 3.32. The van der Waals surface area contributed by atoms with Gasteiger partial charge in [0, 0.05) is 10.0 Å². The second-order valence-electron chi connectivity index (χ2n) is 5.22. The zero-order chi connectivity index (χ0) is 17.1. The van der Waals surface area contributed by atoms with Gasteiger partial charge in [-0.25, -0.2) is 9.97 Å². The minimum absolute atomic E-state index is 0.218. The second-order valence-corrected chi connectivity index (χ2v) is 6.07. The summed E-state index contributed by atoms with van der Waals surface area (Å²) in [6.07, 6.45) is 3.16. The number of oxazole rings is 1. The van der Waals surface area contributed by atoms with Gasteiger partial charge in [-0.15, -0.1) is 0 Å². The minimum Gasteiger partial charge on any atom is -0.483 e. The Bertz CT molecular complexity index is 982. The second kappa shape index (κ2) is 6.90. The number of hydrogen-bond donors (Lipinski definition) is 1. The molecule has 7 heteroatoms. The van der Waals surface area contributed by atoms with Gasteiger partial charge in [-0.3, -0.25) is 5.10 Å². The molecular weight excluding hydrogens is 384 g/mol. The van der Waals surface area contributed by atoms with E-state index in [1.54, 1.807) is 6.20 Å². The number of halogens is 1. The Kier molecular flexibility index (Phi) is 4.30. The van der Waals surface area contributed by atoms with E-state index in [-0.39, 0.29) is 6.61 Å². The highest BCUT2D eigenvalue weighted by Gasteiger charge is 2.12. The molecule has 0 spiro atoms. The molecule has 0 aliphatic heterocycles. The van der Waals surface area contributed by atoms with E-state index >= 15 is 0 Å². The van der Waals surface area contributed by atoms with Crippen molar-refractivity contribution in [3.8, 4) is 28.5 Å². The van der Waals surface area contributed by atoms with Crippen molar-refractivity contribution in [1.82, 2.24) is 20.2 Å². The van der Waals surface area contributed by atoms with Crippen LogP contribution in [0.5, 0.6) is 5.75 Å². The third-order valence-corrected chi connectivity index (χ3v) is 4.29. The predicted molar refractivity (Wildman–Crippen MR) is 95.8 cm³/mol. The maximum absolute atomic E-state index is 5.87. The van der Waals surface area contributed by atoms with Crippen LogP contribution in [-0.2, 0) is 6.61 Å². The van der Waals surface area contributed by atoms with Gasteiger partial charge in [0.2, 0.25) is 5.89 Å². The summed E-state index contributed by atoms with van der Waals surface area (Å²) in [6.45, 7) is 0.218. The Hall–Kier alpha value is -2.93. The third-order valence-electron chi connectivity index (χ3n) is 3.60. The van der Waals surface area contributed by atoms with Gasteiger partial charge in [0.15, 0.2) is 18.2 Å². The van der Waals surface area contributed by atoms with Crippen LogP contribution in [0.3, 0.4) is 0 Å². The molecule has 0 saturated carbocycles. The molecule has 0 fully saturated rings. The zero-order valence-electron chi connectivity index (χ0n) is 13.0. The monoisotopic (exact) mass is 396 g/mol. The van der Waals surface area contributed by atoms with E-state index in [4.69, 9.17) is 9.15 Å². The van der Waals surface area contributed by atoms with Crippen LogP contribution in [0, 0.1) is 0 Å². The highest BCUT2D eigenvalue weighted by atomic mass is 79.9. The van der Waals surface area contributed by atoms with E-state index in [1.165, 1.54) is 6.33 Å². The Morgan fingerprint density at radius 2 is 1.80 bits per heavy atom. The average molecular weight is 397 g/mol. The predicted octanol–water partition coefficient (Wildman–Crippen LogP) is 4.47.